The van der Waals surface area contributed by atoms with Crippen molar-refractivity contribution in [2.45, 2.75) is 34.6 Å². The van der Waals surface area contributed by atoms with Gasteiger partial charge in [0.1, 0.15) is 26.4 Å². The molecule has 0 aromatic rings. The summed E-state index contributed by atoms with van der Waals surface area (Å²) in [7, 11) is 0. The van der Waals surface area contributed by atoms with Crippen molar-refractivity contribution in [2.75, 3.05) is 39.6 Å². The normalized spacial score (nSPS) is 11.0. The molecule has 1 aliphatic heterocycles. The smallest absolute Gasteiger partial charge is 0.870 e. The summed E-state index contributed by atoms with van der Waals surface area (Å²) in [4.78, 5) is 9.80. The summed E-state index contributed by atoms with van der Waals surface area (Å²) in [6, 6.07) is 0. The molecular weight excluding hydrogens is 424 g/mol. The molecule has 0 bridgehead atoms. The minimum Gasteiger partial charge on any atom is -0.870 e. The first kappa shape index (κ1) is 50.6. The van der Waals surface area contributed by atoms with Crippen molar-refractivity contribution in [3.63, 3.8) is 0 Å². The molecule has 1 rings (SSSR count). The van der Waals surface area contributed by atoms with Crippen LogP contribution in [0, 0.1) is 0 Å². The van der Waals surface area contributed by atoms with E-state index >= 15 is 0 Å². The van der Waals surface area contributed by atoms with Gasteiger partial charge in [-0.05, 0) is 0 Å². The first-order valence-corrected chi connectivity index (χ1v) is 5.24. The molecule has 27 heavy (non-hydrogen) atoms. The Bertz CT molecular complexity index is 276. The molecule has 168 valence electrons. The van der Waals surface area contributed by atoms with E-state index in [2.05, 4.69) is 14.2 Å². The van der Waals surface area contributed by atoms with Crippen LogP contribution in [0.25, 0.3) is 0 Å². The predicted molar refractivity (Wildman–Crippen MR) is 87.6 cm³/mol. The van der Waals surface area contributed by atoms with Crippen molar-refractivity contribution >= 4 is 16.1 Å². The first-order chi connectivity index (χ1) is 9.52. The van der Waals surface area contributed by atoms with Gasteiger partial charge in [0.25, 0.3) is 0 Å². The zero-order valence-electron chi connectivity index (χ0n) is 12.7. The number of rotatable bonds is 3. The van der Waals surface area contributed by atoms with Gasteiger partial charge < -0.3 is 29.9 Å². The van der Waals surface area contributed by atoms with Gasteiger partial charge in [0.15, 0.2) is 0 Å². The van der Waals surface area contributed by atoms with Gasteiger partial charge in [-0.25, -0.2) is 4.79 Å². The Labute approximate surface area is 181 Å². The molecule has 0 amide bonds. The summed E-state index contributed by atoms with van der Waals surface area (Å²) >= 11 is 0. The number of aliphatic hydroxyl groups is 2. The number of aliphatic hydroxyl groups excluding tert-OH is 2. The zero-order valence-corrected chi connectivity index (χ0v) is 16.1. The van der Waals surface area contributed by atoms with Crippen molar-refractivity contribution in [2.24, 2.45) is 0 Å². The maximum Gasteiger partial charge on any atom is 1.00 e. The van der Waals surface area contributed by atoms with E-state index in [1.165, 1.54) is 0 Å². The van der Waals surface area contributed by atoms with Gasteiger partial charge in [-0.3, -0.25) is 0 Å². The number of carbonyl (C=O) groups is 1. The predicted octanol–water partition coefficient (Wildman–Crippen LogP) is 0.0454. The van der Waals surface area contributed by atoms with Crippen molar-refractivity contribution < 1.29 is 90.6 Å². The van der Waals surface area contributed by atoms with Crippen LogP contribution in [0.5, 0.6) is 0 Å². The van der Waals surface area contributed by atoms with Crippen LogP contribution >= 0.6 is 9.90 Å². The van der Waals surface area contributed by atoms with Gasteiger partial charge in [0, 0.05) is 0 Å². The molecule has 0 radical (unpaired) electrons. The van der Waals surface area contributed by atoms with E-state index in [1.807, 2.05) is 0 Å². The fraction of sp³-hybridized carbons (Fsp3) is 0.917. The summed E-state index contributed by atoms with van der Waals surface area (Å²) in [6.45, 7) is -2.83. The molecule has 0 aliphatic carbocycles. The molecule has 1 heterocycles. The van der Waals surface area contributed by atoms with Gasteiger partial charge in [-0.2, -0.15) is 36.2 Å². The van der Waals surface area contributed by atoms with Gasteiger partial charge >= 0.3 is 48.1 Å². The third-order valence-corrected chi connectivity index (χ3v) is 1.20. The Morgan fingerprint density at radius 2 is 1.26 bits per heavy atom. The number of carbonyl (C=O) groups excluding carboxylic acids is 1. The summed E-state index contributed by atoms with van der Waals surface area (Å²) in [5, 5.41) is 15.2. The molecule has 1 unspecified atom stereocenters. The van der Waals surface area contributed by atoms with E-state index in [9.17, 15) is 31.1 Å². The van der Waals surface area contributed by atoms with Crippen molar-refractivity contribution in [3.05, 3.63) is 0 Å². The monoisotopic (exact) mass is 454 g/mol. The third kappa shape index (κ3) is 58.5. The van der Waals surface area contributed by atoms with E-state index in [1.54, 1.807) is 0 Å². The van der Waals surface area contributed by atoms with Gasteiger partial charge in [0.05, 0.1) is 13.2 Å². The van der Waals surface area contributed by atoms with Crippen LogP contribution in [-0.4, -0.2) is 73.8 Å². The average molecular weight is 454 g/mol. The van der Waals surface area contributed by atoms with E-state index in [0.29, 0.717) is 13.2 Å². The van der Waals surface area contributed by atoms with Crippen molar-refractivity contribution in [1.82, 2.24) is 0 Å². The molecule has 0 saturated carbocycles. The largest absolute Gasteiger partial charge is 1.00 e. The SMILES string of the molecule is C.C.C.O=C1OCCO1.OCC(F)(F)F.OCCOCC(F)(F)F.P.[Na+].[OH-]. The number of halogens is 6. The molecule has 1 fully saturated rings. The molecule has 0 aromatic carbocycles. The zero-order chi connectivity index (χ0) is 16.9. The van der Waals surface area contributed by atoms with E-state index < -0.39 is 31.7 Å². The van der Waals surface area contributed by atoms with Gasteiger partial charge in [0.2, 0.25) is 0 Å². The quantitative estimate of drug-likeness (QED) is 0.204. The van der Waals surface area contributed by atoms with Gasteiger partial charge in [-0.1, -0.05) is 22.3 Å². The van der Waals surface area contributed by atoms with Crippen LogP contribution in [0.1, 0.15) is 22.3 Å². The van der Waals surface area contributed by atoms with Crippen LogP contribution in [0.2, 0.25) is 0 Å². The molecule has 3 N–H and O–H groups in total. The summed E-state index contributed by atoms with van der Waals surface area (Å²) in [5.74, 6) is 0. The standard InChI is InChI=1S/C4H7F3O2.C3H4O3.C2H3F3O.3CH4.Na.H2O.H3P/c5-4(6,7)3-9-2-1-8;4-3-5-1-2-6-3;3-2(4,5)1-6;;;;;;/h8H,1-3H2;1-2H2;6H,1H2;3*1H4;;1H2;1H3/q;;;;;;+1;;/p-1. The Balaban J connectivity index is -0.0000000307. The molecule has 1 aliphatic rings. The molecule has 7 nitrogen and oxygen atoms in total. The van der Waals surface area contributed by atoms with Crippen LogP contribution in [-0.2, 0) is 14.2 Å². The summed E-state index contributed by atoms with van der Waals surface area (Å²) in [5.41, 5.74) is 0. The van der Waals surface area contributed by atoms with E-state index in [0.717, 1.165) is 0 Å². The molecule has 0 aromatic heterocycles. The number of ether oxygens (including phenoxy) is 3. The Kier molecular flexibility index (Phi) is 53.1. The molecule has 1 saturated heterocycles. The number of hydrogen-bond donors (Lipinski definition) is 2. The van der Waals surface area contributed by atoms with E-state index in [-0.39, 0.29) is 80.4 Å². The van der Waals surface area contributed by atoms with Crippen molar-refractivity contribution in [1.29, 1.82) is 0 Å². The second-order valence-electron chi connectivity index (χ2n) is 3.11. The summed E-state index contributed by atoms with van der Waals surface area (Å²) in [6.07, 6.45) is -9.23. The number of cyclic esters (lactones) is 2. The third-order valence-electron chi connectivity index (χ3n) is 1.20. The maximum absolute atomic E-state index is 11.2. The molecule has 0 spiro atoms. The topological polar surface area (TPSA) is 115 Å². The minimum absolute atomic E-state index is 0. The minimum atomic E-state index is -4.40. The fourth-order valence-electron chi connectivity index (χ4n) is 0.544. The van der Waals surface area contributed by atoms with Crippen LogP contribution in [0.15, 0.2) is 0 Å². The fourth-order valence-corrected chi connectivity index (χ4v) is 0.544. The number of hydrogen-bond acceptors (Lipinski definition) is 7. The second kappa shape index (κ2) is 28.3. The molecule has 1 atom stereocenters. The molecular formula is C12H30F6NaO7P. The number of alkyl halides is 6. The Morgan fingerprint density at radius 1 is 0.926 bits per heavy atom. The second-order valence-corrected chi connectivity index (χ2v) is 3.11. The van der Waals surface area contributed by atoms with E-state index in [4.69, 9.17) is 10.2 Å². The molecule has 15 heteroatoms. The first-order valence-electron chi connectivity index (χ1n) is 5.24. The average Bonchev–Trinajstić information content (AvgIpc) is 2.80. The summed E-state index contributed by atoms with van der Waals surface area (Å²) < 4.78 is 77.7. The van der Waals surface area contributed by atoms with Gasteiger partial charge in [-0.15, -0.1) is 0 Å². The van der Waals surface area contributed by atoms with Crippen molar-refractivity contribution in [3.8, 4) is 0 Å². The Morgan fingerprint density at radius 3 is 1.41 bits per heavy atom. The Hall–Kier alpha value is 0.120. The van der Waals surface area contributed by atoms with Crippen LogP contribution in [0.3, 0.4) is 0 Å². The maximum atomic E-state index is 11.2. The van der Waals surface area contributed by atoms with Crippen LogP contribution < -0.4 is 29.6 Å². The van der Waals surface area contributed by atoms with Crippen LogP contribution in [0.4, 0.5) is 31.1 Å².